The van der Waals surface area contributed by atoms with Gasteiger partial charge in [-0.2, -0.15) is 0 Å². The molecule has 1 unspecified atom stereocenters. The Hall–Kier alpha value is -1.75. The number of halogens is 2. The zero-order chi connectivity index (χ0) is 15.8. The smallest absolute Gasteiger partial charge is 0.239 e. The SMILES string of the molecule is CN(C)CC(NC(=O)CNc1ccccc1)c1ccccc1.Cl.Cl. The van der Waals surface area contributed by atoms with Gasteiger partial charge in [0.25, 0.3) is 0 Å². The van der Waals surface area contributed by atoms with E-state index in [0.717, 1.165) is 17.8 Å². The molecule has 0 fully saturated rings. The van der Waals surface area contributed by atoms with Crippen LogP contribution in [0.3, 0.4) is 0 Å². The Bertz CT molecular complexity index is 579. The second-order valence-corrected chi connectivity index (χ2v) is 5.51. The van der Waals surface area contributed by atoms with Crippen LogP contribution in [0.4, 0.5) is 5.69 Å². The number of anilines is 1. The maximum Gasteiger partial charge on any atom is 0.239 e. The molecule has 0 aliphatic carbocycles. The summed E-state index contributed by atoms with van der Waals surface area (Å²) in [6.45, 7) is 1.03. The van der Waals surface area contributed by atoms with Crippen LogP contribution in [0, 0.1) is 0 Å². The van der Waals surface area contributed by atoms with Crippen LogP contribution >= 0.6 is 24.8 Å². The zero-order valence-corrected chi connectivity index (χ0v) is 15.6. The Morgan fingerprint density at radius 3 is 2.04 bits per heavy atom. The normalized spacial score (nSPS) is 11.0. The number of carbonyl (C=O) groups is 1. The van der Waals surface area contributed by atoms with Crippen molar-refractivity contribution in [1.82, 2.24) is 10.2 Å². The molecule has 0 radical (unpaired) electrons. The average molecular weight is 370 g/mol. The standard InChI is InChI=1S/C18H23N3O.2ClH/c1-21(2)14-17(15-9-5-3-6-10-15)20-18(22)13-19-16-11-7-4-8-12-16;;/h3-12,17,19H,13-14H2,1-2H3,(H,20,22);2*1H. The second-order valence-electron chi connectivity index (χ2n) is 5.51. The van der Waals surface area contributed by atoms with E-state index in [4.69, 9.17) is 0 Å². The minimum atomic E-state index is -0.0143. The molecule has 0 aliphatic rings. The van der Waals surface area contributed by atoms with Gasteiger partial charge in [0.05, 0.1) is 12.6 Å². The summed E-state index contributed by atoms with van der Waals surface area (Å²) in [6, 6.07) is 19.8. The maximum absolute atomic E-state index is 12.2. The molecule has 0 saturated heterocycles. The predicted molar refractivity (Wildman–Crippen MR) is 105 cm³/mol. The van der Waals surface area contributed by atoms with Gasteiger partial charge in [0.15, 0.2) is 0 Å². The molecule has 2 aromatic carbocycles. The van der Waals surface area contributed by atoms with Crippen molar-refractivity contribution >= 4 is 36.4 Å². The van der Waals surface area contributed by atoms with Gasteiger partial charge in [-0.1, -0.05) is 48.5 Å². The number of likely N-dealkylation sites (N-methyl/N-ethyl adjacent to an activating group) is 1. The van der Waals surface area contributed by atoms with Gasteiger partial charge in [0.2, 0.25) is 5.91 Å². The Labute approximate surface area is 156 Å². The lowest BCUT2D eigenvalue weighted by molar-refractivity contribution is -0.120. The van der Waals surface area contributed by atoms with Crippen molar-refractivity contribution in [2.45, 2.75) is 6.04 Å². The van der Waals surface area contributed by atoms with Crippen molar-refractivity contribution in [2.24, 2.45) is 0 Å². The summed E-state index contributed by atoms with van der Waals surface area (Å²) in [5.41, 5.74) is 2.06. The molecule has 0 heterocycles. The number of carbonyl (C=O) groups excluding carboxylic acids is 1. The molecule has 2 N–H and O–H groups in total. The van der Waals surface area contributed by atoms with Crippen molar-refractivity contribution in [1.29, 1.82) is 0 Å². The zero-order valence-electron chi connectivity index (χ0n) is 13.9. The van der Waals surface area contributed by atoms with Gasteiger partial charge < -0.3 is 15.5 Å². The van der Waals surface area contributed by atoms with E-state index in [1.54, 1.807) is 0 Å². The van der Waals surface area contributed by atoms with Crippen LogP contribution in [-0.2, 0) is 4.79 Å². The Morgan fingerprint density at radius 2 is 1.50 bits per heavy atom. The Kier molecular flexibility index (Phi) is 10.9. The first-order chi connectivity index (χ1) is 10.6. The highest BCUT2D eigenvalue weighted by atomic mass is 35.5. The molecule has 6 heteroatoms. The number of hydrogen-bond donors (Lipinski definition) is 2. The fourth-order valence-electron chi connectivity index (χ4n) is 2.27. The minimum Gasteiger partial charge on any atom is -0.376 e. The molecule has 0 saturated carbocycles. The second kappa shape index (κ2) is 11.7. The molecule has 132 valence electrons. The van der Waals surface area contributed by atoms with Gasteiger partial charge in [0, 0.05) is 12.2 Å². The quantitative estimate of drug-likeness (QED) is 0.786. The van der Waals surface area contributed by atoms with Crippen molar-refractivity contribution in [3.05, 3.63) is 66.2 Å². The van der Waals surface area contributed by atoms with E-state index in [2.05, 4.69) is 15.5 Å². The van der Waals surface area contributed by atoms with Crippen LogP contribution in [0.25, 0.3) is 0 Å². The summed E-state index contributed by atoms with van der Waals surface area (Å²) in [5, 5.41) is 6.22. The number of nitrogens with zero attached hydrogens (tertiary/aromatic N) is 1. The molecule has 0 aliphatic heterocycles. The first kappa shape index (κ1) is 22.2. The number of amides is 1. The lowest BCUT2D eigenvalue weighted by atomic mass is 10.1. The highest BCUT2D eigenvalue weighted by Gasteiger charge is 2.15. The molecular weight excluding hydrogens is 345 g/mol. The van der Waals surface area contributed by atoms with Crippen LogP contribution in [0.1, 0.15) is 11.6 Å². The third-order valence-electron chi connectivity index (χ3n) is 3.31. The summed E-state index contributed by atoms with van der Waals surface area (Å²) in [6.07, 6.45) is 0. The number of hydrogen-bond acceptors (Lipinski definition) is 3. The van der Waals surface area contributed by atoms with E-state index in [1.807, 2.05) is 74.8 Å². The molecular formula is C18H25Cl2N3O. The average Bonchev–Trinajstić information content (AvgIpc) is 2.54. The third-order valence-corrected chi connectivity index (χ3v) is 3.31. The molecule has 1 amide bonds. The fourth-order valence-corrected chi connectivity index (χ4v) is 2.27. The van der Waals surface area contributed by atoms with Crippen molar-refractivity contribution in [3.8, 4) is 0 Å². The van der Waals surface area contributed by atoms with Gasteiger partial charge in [-0.15, -0.1) is 24.8 Å². The maximum atomic E-state index is 12.2. The Balaban J connectivity index is 0.00000264. The third kappa shape index (κ3) is 7.68. The van der Waals surface area contributed by atoms with E-state index >= 15 is 0 Å². The van der Waals surface area contributed by atoms with Gasteiger partial charge in [0.1, 0.15) is 0 Å². The summed E-state index contributed by atoms with van der Waals surface area (Å²) >= 11 is 0. The number of benzene rings is 2. The largest absolute Gasteiger partial charge is 0.376 e. The highest BCUT2D eigenvalue weighted by Crippen LogP contribution is 2.13. The monoisotopic (exact) mass is 369 g/mol. The van der Waals surface area contributed by atoms with E-state index in [0.29, 0.717) is 0 Å². The van der Waals surface area contributed by atoms with Gasteiger partial charge in [-0.25, -0.2) is 0 Å². The van der Waals surface area contributed by atoms with Crippen molar-refractivity contribution in [3.63, 3.8) is 0 Å². The number of nitrogens with one attached hydrogen (secondary N) is 2. The predicted octanol–water partition coefficient (Wildman–Crippen LogP) is 3.36. The van der Waals surface area contributed by atoms with Crippen LogP contribution < -0.4 is 10.6 Å². The van der Waals surface area contributed by atoms with Crippen LogP contribution in [0.15, 0.2) is 60.7 Å². The van der Waals surface area contributed by atoms with Gasteiger partial charge in [-0.05, 0) is 31.8 Å². The lowest BCUT2D eigenvalue weighted by Gasteiger charge is -2.23. The van der Waals surface area contributed by atoms with Gasteiger partial charge >= 0.3 is 0 Å². The van der Waals surface area contributed by atoms with Crippen LogP contribution in [-0.4, -0.2) is 38.0 Å². The van der Waals surface area contributed by atoms with Crippen LogP contribution in [0.5, 0.6) is 0 Å². The number of rotatable bonds is 7. The topological polar surface area (TPSA) is 44.4 Å². The molecule has 4 nitrogen and oxygen atoms in total. The molecule has 0 aromatic heterocycles. The molecule has 2 rings (SSSR count). The molecule has 1 atom stereocenters. The number of para-hydroxylation sites is 1. The van der Waals surface area contributed by atoms with E-state index in [1.165, 1.54) is 0 Å². The first-order valence-electron chi connectivity index (χ1n) is 7.43. The summed E-state index contributed by atoms with van der Waals surface area (Å²) < 4.78 is 0. The molecule has 24 heavy (non-hydrogen) atoms. The first-order valence-corrected chi connectivity index (χ1v) is 7.43. The van der Waals surface area contributed by atoms with E-state index in [-0.39, 0.29) is 43.3 Å². The molecule has 0 spiro atoms. The van der Waals surface area contributed by atoms with Gasteiger partial charge in [-0.3, -0.25) is 4.79 Å². The highest BCUT2D eigenvalue weighted by molar-refractivity contribution is 5.85. The van der Waals surface area contributed by atoms with Crippen LogP contribution in [0.2, 0.25) is 0 Å². The fraction of sp³-hybridized carbons (Fsp3) is 0.278. The van der Waals surface area contributed by atoms with Crippen molar-refractivity contribution in [2.75, 3.05) is 32.5 Å². The Morgan fingerprint density at radius 1 is 0.958 bits per heavy atom. The van der Waals surface area contributed by atoms with E-state index in [9.17, 15) is 4.79 Å². The molecule has 2 aromatic rings. The summed E-state index contributed by atoms with van der Waals surface area (Å²) in [5.74, 6) is -0.0143. The van der Waals surface area contributed by atoms with E-state index < -0.39 is 0 Å². The molecule has 0 bridgehead atoms. The minimum absolute atomic E-state index is 0. The lowest BCUT2D eigenvalue weighted by Crippen LogP contribution is -2.38. The summed E-state index contributed by atoms with van der Waals surface area (Å²) in [7, 11) is 4.01. The van der Waals surface area contributed by atoms with Crippen molar-refractivity contribution < 1.29 is 4.79 Å². The summed E-state index contributed by atoms with van der Waals surface area (Å²) in [4.78, 5) is 14.3.